The summed E-state index contributed by atoms with van der Waals surface area (Å²) >= 11 is 5.60. The van der Waals surface area contributed by atoms with Crippen molar-refractivity contribution in [3.05, 3.63) is 28.8 Å². The van der Waals surface area contributed by atoms with Crippen LogP contribution in [0.5, 0.6) is 5.75 Å². The molecule has 7 heteroatoms. The number of carbonyl (C=O) groups excluding carboxylic acids is 1. The van der Waals surface area contributed by atoms with E-state index in [1.807, 2.05) is 0 Å². The van der Waals surface area contributed by atoms with Gasteiger partial charge in [-0.1, -0.05) is 11.6 Å². The van der Waals surface area contributed by atoms with Crippen LogP contribution in [-0.2, 0) is 4.74 Å². The molecular weight excluding hydrogens is 249 g/mol. The number of ether oxygens (including phenoxy) is 2. The Bertz CT molecular complexity index is 403. The molecule has 0 saturated heterocycles. The predicted molar refractivity (Wildman–Crippen MR) is 49.5 cm³/mol. The Morgan fingerprint density at radius 2 is 2.00 bits per heavy atom. The second kappa shape index (κ2) is 4.61. The van der Waals surface area contributed by atoms with Crippen molar-refractivity contribution in [1.82, 2.24) is 0 Å². The molecule has 0 unspecified atom stereocenters. The van der Waals surface area contributed by atoms with Gasteiger partial charge in [-0.2, -0.15) is 0 Å². The van der Waals surface area contributed by atoms with Gasteiger partial charge in [0.25, 0.3) is 0 Å². The highest BCUT2D eigenvalue weighted by molar-refractivity contribution is 6.33. The Labute approximate surface area is 93.7 Å². The van der Waals surface area contributed by atoms with Crippen LogP contribution in [-0.4, -0.2) is 19.4 Å². The number of esters is 1. The van der Waals surface area contributed by atoms with Crippen molar-refractivity contribution in [1.29, 1.82) is 0 Å². The van der Waals surface area contributed by atoms with E-state index >= 15 is 0 Å². The lowest BCUT2D eigenvalue weighted by Crippen LogP contribution is -2.17. The van der Waals surface area contributed by atoms with Crippen LogP contribution < -0.4 is 4.74 Å². The van der Waals surface area contributed by atoms with E-state index in [4.69, 9.17) is 11.6 Å². The number of benzene rings is 1. The molecule has 0 aliphatic rings. The first-order valence-electron chi connectivity index (χ1n) is 3.97. The quantitative estimate of drug-likeness (QED) is 0.761. The van der Waals surface area contributed by atoms with Crippen molar-refractivity contribution >= 4 is 17.6 Å². The maximum absolute atomic E-state index is 11.9. The van der Waals surface area contributed by atoms with Crippen molar-refractivity contribution < 1.29 is 27.4 Å². The normalized spacial score (nSPS) is 11.1. The first-order chi connectivity index (χ1) is 7.33. The van der Waals surface area contributed by atoms with Gasteiger partial charge in [0.15, 0.2) is 0 Å². The molecule has 0 atom stereocenters. The standard InChI is InChI=1S/C9H6ClF3O3/c1-15-8(14)6-4-5(2-3-7(6)10)16-9(11,12)13/h2-4H,1H3. The first-order valence-corrected chi connectivity index (χ1v) is 4.35. The number of hydrogen-bond donors (Lipinski definition) is 0. The number of carbonyl (C=O) groups is 1. The lowest BCUT2D eigenvalue weighted by atomic mass is 10.2. The number of hydrogen-bond acceptors (Lipinski definition) is 3. The predicted octanol–water partition coefficient (Wildman–Crippen LogP) is 3.03. The van der Waals surface area contributed by atoms with Gasteiger partial charge in [-0.3, -0.25) is 0 Å². The molecule has 0 fully saturated rings. The molecule has 0 N–H and O–H groups in total. The van der Waals surface area contributed by atoms with Gasteiger partial charge >= 0.3 is 12.3 Å². The Hall–Kier alpha value is -1.43. The summed E-state index contributed by atoms with van der Waals surface area (Å²) < 4.78 is 43.6. The van der Waals surface area contributed by atoms with Gasteiger partial charge in [-0.05, 0) is 18.2 Å². The molecule has 1 rings (SSSR count). The molecule has 88 valence electrons. The molecule has 0 amide bonds. The van der Waals surface area contributed by atoms with Gasteiger partial charge in [0.1, 0.15) is 5.75 Å². The summed E-state index contributed by atoms with van der Waals surface area (Å²) in [6, 6.07) is 2.98. The van der Waals surface area contributed by atoms with E-state index in [9.17, 15) is 18.0 Å². The second-order valence-electron chi connectivity index (χ2n) is 2.68. The van der Waals surface area contributed by atoms with Gasteiger partial charge in [0, 0.05) is 0 Å². The molecule has 0 radical (unpaired) electrons. The summed E-state index contributed by atoms with van der Waals surface area (Å²) in [6.45, 7) is 0. The third-order valence-corrected chi connectivity index (χ3v) is 1.91. The van der Waals surface area contributed by atoms with E-state index in [-0.39, 0.29) is 10.6 Å². The minimum Gasteiger partial charge on any atom is -0.465 e. The van der Waals surface area contributed by atoms with Crippen molar-refractivity contribution in [2.45, 2.75) is 6.36 Å². The average molecular weight is 255 g/mol. The van der Waals surface area contributed by atoms with Gasteiger partial charge in [0.2, 0.25) is 0 Å². The van der Waals surface area contributed by atoms with E-state index in [0.717, 1.165) is 25.3 Å². The fraction of sp³-hybridized carbons (Fsp3) is 0.222. The maximum Gasteiger partial charge on any atom is 0.573 e. The van der Waals surface area contributed by atoms with E-state index in [2.05, 4.69) is 9.47 Å². The molecule has 1 aromatic rings. The monoisotopic (exact) mass is 254 g/mol. The van der Waals surface area contributed by atoms with Crippen LogP contribution in [0.4, 0.5) is 13.2 Å². The largest absolute Gasteiger partial charge is 0.573 e. The van der Waals surface area contributed by atoms with Crippen LogP contribution in [0.2, 0.25) is 5.02 Å². The highest BCUT2D eigenvalue weighted by Crippen LogP contribution is 2.27. The number of methoxy groups -OCH3 is 1. The molecule has 0 saturated carbocycles. The lowest BCUT2D eigenvalue weighted by Gasteiger charge is -2.10. The molecule has 0 spiro atoms. The zero-order valence-corrected chi connectivity index (χ0v) is 8.72. The number of rotatable bonds is 2. The second-order valence-corrected chi connectivity index (χ2v) is 3.09. The van der Waals surface area contributed by atoms with Crippen LogP contribution in [0.1, 0.15) is 10.4 Å². The zero-order valence-electron chi connectivity index (χ0n) is 7.97. The van der Waals surface area contributed by atoms with E-state index in [1.54, 1.807) is 0 Å². The summed E-state index contributed by atoms with van der Waals surface area (Å²) in [4.78, 5) is 11.1. The molecule has 0 aromatic heterocycles. The average Bonchev–Trinajstić information content (AvgIpc) is 2.18. The molecule has 16 heavy (non-hydrogen) atoms. The third kappa shape index (κ3) is 3.30. The summed E-state index contributed by atoms with van der Waals surface area (Å²) in [5.41, 5.74) is -0.189. The Morgan fingerprint density at radius 1 is 1.38 bits per heavy atom. The van der Waals surface area contributed by atoms with E-state index in [0.29, 0.717) is 0 Å². The van der Waals surface area contributed by atoms with Crippen LogP contribution in [0.3, 0.4) is 0 Å². The molecule has 0 heterocycles. The van der Waals surface area contributed by atoms with Crippen LogP contribution in [0, 0.1) is 0 Å². The van der Waals surface area contributed by atoms with Crippen molar-refractivity contribution in [2.24, 2.45) is 0 Å². The molecule has 1 aromatic carbocycles. The SMILES string of the molecule is COC(=O)c1cc(OC(F)(F)F)ccc1Cl. The highest BCUT2D eigenvalue weighted by atomic mass is 35.5. The smallest absolute Gasteiger partial charge is 0.465 e. The summed E-state index contributed by atoms with van der Waals surface area (Å²) in [6.07, 6.45) is -4.82. The Morgan fingerprint density at radius 3 is 2.50 bits per heavy atom. The molecule has 0 aliphatic carbocycles. The van der Waals surface area contributed by atoms with Crippen LogP contribution in [0.15, 0.2) is 18.2 Å². The van der Waals surface area contributed by atoms with Crippen LogP contribution >= 0.6 is 11.6 Å². The van der Waals surface area contributed by atoms with Crippen molar-refractivity contribution in [3.8, 4) is 5.75 Å². The van der Waals surface area contributed by atoms with Crippen molar-refractivity contribution in [3.63, 3.8) is 0 Å². The number of halogens is 4. The Kier molecular flexibility index (Phi) is 3.64. The van der Waals surface area contributed by atoms with Crippen molar-refractivity contribution in [2.75, 3.05) is 7.11 Å². The molecule has 3 nitrogen and oxygen atoms in total. The topological polar surface area (TPSA) is 35.5 Å². The molecule has 0 bridgehead atoms. The maximum atomic E-state index is 11.9. The summed E-state index contributed by atoms with van der Waals surface area (Å²) in [5.74, 6) is -1.37. The summed E-state index contributed by atoms with van der Waals surface area (Å²) in [5, 5.41) is -0.0126. The minimum absolute atomic E-state index is 0.0126. The van der Waals surface area contributed by atoms with Gasteiger partial charge < -0.3 is 9.47 Å². The Balaban J connectivity index is 3.03. The zero-order chi connectivity index (χ0) is 12.3. The third-order valence-electron chi connectivity index (χ3n) is 1.58. The minimum atomic E-state index is -4.82. The van der Waals surface area contributed by atoms with E-state index < -0.39 is 18.1 Å². The van der Waals surface area contributed by atoms with Crippen LogP contribution in [0.25, 0.3) is 0 Å². The molecule has 0 aliphatic heterocycles. The van der Waals surface area contributed by atoms with Gasteiger partial charge in [-0.15, -0.1) is 13.2 Å². The lowest BCUT2D eigenvalue weighted by molar-refractivity contribution is -0.274. The highest BCUT2D eigenvalue weighted by Gasteiger charge is 2.31. The van der Waals surface area contributed by atoms with Gasteiger partial charge in [0.05, 0.1) is 17.7 Å². The fourth-order valence-electron chi connectivity index (χ4n) is 0.968. The van der Waals surface area contributed by atoms with E-state index in [1.165, 1.54) is 0 Å². The fourth-order valence-corrected chi connectivity index (χ4v) is 1.16. The number of alkyl halides is 3. The van der Waals surface area contributed by atoms with Gasteiger partial charge in [-0.25, -0.2) is 4.79 Å². The molecular formula is C9H6ClF3O3. The first kappa shape index (κ1) is 12.6. The summed E-state index contributed by atoms with van der Waals surface area (Å²) in [7, 11) is 1.09.